The average Bonchev–Trinajstić information content (AvgIpc) is 2.91. The summed E-state index contributed by atoms with van der Waals surface area (Å²) in [7, 11) is 0. The molecule has 0 amide bonds. The molecule has 134 valence electrons. The summed E-state index contributed by atoms with van der Waals surface area (Å²) >= 11 is 0. The molecule has 5 heteroatoms. The molecule has 2 heterocycles. The maximum absolute atomic E-state index is 4.88. The average molecular weight is 347 g/mol. The van der Waals surface area contributed by atoms with E-state index in [-0.39, 0.29) is 0 Å². The Hall–Kier alpha value is -2.66. The first-order valence-electron chi connectivity index (χ1n) is 9.32. The fourth-order valence-corrected chi connectivity index (χ4v) is 3.33. The molecule has 5 nitrogen and oxygen atoms in total. The molecule has 3 aromatic rings. The van der Waals surface area contributed by atoms with E-state index >= 15 is 0 Å². The third kappa shape index (κ3) is 3.78. The van der Waals surface area contributed by atoms with Crippen molar-refractivity contribution in [3.05, 3.63) is 60.2 Å². The normalized spacial score (nSPS) is 17.9. The van der Waals surface area contributed by atoms with Crippen molar-refractivity contribution in [1.82, 2.24) is 15.3 Å². The lowest BCUT2D eigenvalue weighted by Gasteiger charge is -2.21. The van der Waals surface area contributed by atoms with E-state index in [1.807, 2.05) is 18.2 Å². The van der Waals surface area contributed by atoms with Crippen molar-refractivity contribution >= 4 is 22.7 Å². The van der Waals surface area contributed by atoms with Crippen LogP contribution in [-0.2, 0) is 6.54 Å². The summed E-state index contributed by atoms with van der Waals surface area (Å²) in [6.45, 7) is 5.85. The molecule has 0 radical (unpaired) electrons. The monoisotopic (exact) mass is 347 g/mol. The van der Waals surface area contributed by atoms with Gasteiger partial charge in [-0.15, -0.1) is 0 Å². The van der Waals surface area contributed by atoms with Gasteiger partial charge in [-0.3, -0.25) is 0 Å². The third-order valence-electron chi connectivity index (χ3n) is 4.88. The van der Waals surface area contributed by atoms with Crippen LogP contribution >= 0.6 is 0 Å². The number of para-hydroxylation sites is 1. The smallest absolute Gasteiger partial charge is 0.227 e. The predicted molar refractivity (Wildman–Crippen MR) is 108 cm³/mol. The number of hydrogen-bond donors (Lipinski definition) is 2. The molecule has 0 bridgehead atoms. The van der Waals surface area contributed by atoms with Crippen LogP contribution in [0.25, 0.3) is 10.9 Å². The highest BCUT2D eigenvalue weighted by molar-refractivity contribution is 5.90. The van der Waals surface area contributed by atoms with Gasteiger partial charge in [0.15, 0.2) is 0 Å². The first kappa shape index (κ1) is 16.8. The van der Waals surface area contributed by atoms with E-state index in [9.17, 15) is 0 Å². The number of rotatable bonds is 4. The first-order valence-corrected chi connectivity index (χ1v) is 9.32. The molecule has 26 heavy (non-hydrogen) atoms. The van der Waals surface area contributed by atoms with Crippen LogP contribution in [0.5, 0.6) is 0 Å². The van der Waals surface area contributed by atoms with Crippen molar-refractivity contribution in [3.8, 4) is 0 Å². The third-order valence-corrected chi connectivity index (χ3v) is 4.88. The molecule has 0 spiro atoms. The number of anilines is 2. The van der Waals surface area contributed by atoms with Crippen LogP contribution in [0, 0.1) is 0 Å². The Balaban J connectivity index is 1.64. The summed E-state index contributed by atoms with van der Waals surface area (Å²) in [5.74, 6) is 1.72. The standard InChI is InChI=1S/C21H25N5/c1-16-11-13-26(14-12-22-16)21-24-19-10-6-5-9-18(19)20(25-21)23-15-17-7-3-2-4-8-17/h2-10,16,22H,11-15H2,1H3,(H,23,24,25). The van der Waals surface area contributed by atoms with Gasteiger partial charge in [0, 0.05) is 37.6 Å². The van der Waals surface area contributed by atoms with E-state index in [1.54, 1.807) is 0 Å². The number of nitrogens with one attached hydrogen (secondary N) is 2. The highest BCUT2D eigenvalue weighted by atomic mass is 15.3. The fraction of sp³-hybridized carbons (Fsp3) is 0.333. The Morgan fingerprint density at radius 2 is 1.85 bits per heavy atom. The molecule has 1 fully saturated rings. The molecule has 1 unspecified atom stereocenters. The minimum absolute atomic E-state index is 0.538. The van der Waals surface area contributed by atoms with Crippen molar-refractivity contribution in [3.63, 3.8) is 0 Å². The molecule has 1 atom stereocenters. The lowest BCUT2D eigenvalue weighted by molar-refractivity contribution is 0.566. The quantitative estimate of drug-likeness (QED) is 0.757. The van der Waals surface area contributed by atoms with Crippen molar-refractivity contribution in [2.75, 3.05) is 29.9 Å². The Labute approximate surface area is 154 Å². The van der Waals surface area contributed by atoms with Gasteiger partial charge in [0.25, 0.3) is 0 Å². The van der Waals surface area contributed by atoms with Crippen LogP contribution in [0.1, 0.15) is 18.9 Å². The Morgan fingerprint density at radius 3 is 2.73 bits per heavy atom. The largest absolute Gasteiger partial charge is 0.365 e. The Morgan fingerprint density at radius 1 is 1.04 bits per heavy atom. The molecule has 1 saturated heterocycles. The van der Waals surface area contributed by atoms with E-state index in [1.165, 1.54) is 5.56 Å². The van der Waals surface area contributed by atoms with Crippen LogP contribution in [0.4, 0.5) is 11.8 Å². The zero-order valence-electron chi connectivity index (χ0n) is 15.2. The van der Waals surface area contributed by atoms with Gasteiger partial charge in [0.2, 0.25) is 5.95 Å². The summed E-state index contributed by atoms with van der Waals surface area (Å²) in [6, 6.07) is 19.2. The van der Waals surface area contributed by atoms with Gasteiger partial charge in [0.1, 0.15) is 5.82 Å². The Bertz CT molecular complexity index is 865. The zero-order valence-corrected chi connectivity index (χ0v) is 15.2. The van der Waals surface area contributed by atoms with Gasteiger partial charge >= 0.3 is 0 Å². The minimum atomic E-state index is 0.538. The molecule has 1 aliphatic heterocycles. The number of benzene rings is 2. The van der Waals surface area contributed by atoms with Gasteiger partial charge in [-0.05, 0) is 31.0 Å². The maximum Gasteiger partial charge on any atom is 0.227 e. The molecule has 2 aromatic carbocycles. The highest BCUT2D eigenvalue weighted by Gasteiger charge is 2.17. The van der Waals surface area contributed by atoms with E-state index in [0.717, 1.165) is 55.3 Å². The summed E-state index contributed by atoms with van der Waals surface area (Å²) in [5.41, 5.74) is 2.22. The van der Waals surface area contributed by atoms with Crippen LogP contribution in [0.15, 0.2) is 54.6 Å². The first-order chi connectivity index (χ1) is 12.8. The number of aromatic nitrogens is 2. The SMILES string of the molecule is CC1CCN(c2nc(NCc3ccccc3)c3ccccc3n2)CCN1. The second-order valence-corrected chi connectivity index (χ2v) is 6.86. The topological polar surface area (TPSA) is 53.1 Å². The van der Waals surface area contributed by atoms with Gasteiger partial charge in [-0.1, -0.05) is 42.5 Å². The van der Waals surface area contributed by atoms with Gasteiger partial charge < -0.3 is 15.5 Å². The van der Waals surface area contributed by atoms with Crippen molar-refractivity contribution < 1.29 is 0 Å². The van der Waals surface area contributed by atoms with Gasteiger partial charge in [-0.25, -0.2) is 4.98 Å². The van der Waals surface area contributed by atoms with Crippen molar-refractivity contribution in [1.29, 1.82) is 0 Å². The summed E-state index contributed by atoms with van der Waals surface area (Å²) in [5, 5.41) is 8.11. The lowest BCUT2D eigenvalue weighted by atomic mass is 10.2. The summed E-state index contributed by atoms with van der Waals surface area (Å²) in [4.78, 5) is 12.0. The van der Waals surface area contributed by atoms with Gasteiger partial charge in [0.05, 0.1) is 5.52 Å². The number of fused-ring (bicyclic) bond motifs is 1. The van der Waals surface area contributed by atoms with E-state index in [4.69, 9.17) is 9.97 Å². The molecule has 1 aromatic heterocycles. The van der Waals surface area contributed by atoms with Gasteiger partial charge in [-0.2, -0.15) is 4.98 Å². The van der Waals surface area contributed by atoms with Crippen LogP contribution < -0.4 is 15.5 Å². The van der Waals surface area contributed by atoms with E-state index < -0.39 is 0 Å². The summed E-state index contributed by atoms with van der Waals surface area (Å²) < 4.78 is 0. The second-order valence-electron chi connectivity index (χ2n) is 6.86. The molecular formula is C21H25N5. The minimum Gasteiger partial charge on any atom is -0.365 e. The molecule has 0 saturated carbocycles. The predicted octanol–water partition coefficient (Wildman–Crippen LogP) is 3.43. The fourth-order valence-electron chi connectivity index (χ4n) is 3.33. The van der Waals surface area contributed by atoms with Crippen LogP contribution in [0.3, 0.4) is 0 Å². The molecule has 0 aliphatic carbocycles. The van der Waals surface area contributed by atoms with Crippen LogP contribution in [-0.4, -0.2) is 35.6 Å². The van der Waals surface area contributed by atoms with Crippen molar-refractivity contribution in [2.45, 2.75) is 25.9 Å². The lowest BCUT2D eigenvalue weighted by Crippen LogP contribution is -2.30. The van der Waals surface area contributed by atoms with Crippen molar-refractivity contribution in [2.24, 2.45) is 0 Å². The highest BCUT2D eigenvalue weighted by Crippen LogP contribution is 2.24. The summed E-state index contributed by atoms with van der Waals surface area (Å²) in [6.07, 6.45) is 1.10. The molecule has 1 aliphatic rings. The maximum atomic E-state index is 4.88. The second kappa shape index (κ2) is 7.70. The Kier molecular flexibility index (Phi) is 4.97. The molecule has 2 N–H and O–H groups in total. The van der Waals surface area contributed by atoms with E-state index in [0.29, 0.717) is 6.04 Å². The number of nitrogens with zero attached hydrogens (tertiary/aromatic N) is 3. The van der Waals surface area contributed by atoms with Crippen LogP contribution in [0.2, 0.25) is 0 Å². The molecular weight excluding hydrogens is 322 g/mol. The number of hydrogen-bond acceptors (Lipinski definition) is 5. The zero-order chi connectivity index (χ0) is 17.8. The van der Waals surface area contributed by atoms with E-state index in [2.05, 4.69) is 58.9 Å². The molecule has 4 rings (SSSR count).